The smallest absolute Gasteiger partial charge is 0.220 e. The summed E-state index contributed by atoms with van der Waals surface area (Å²) in [4.78, 5) is 11.7. The zero-order valence-electron chi connectivity index (χ0n) is 19.4. The van der Waals surface area contributed by atoms with Crippen LogP contribution in [0.4, 0.5) is 0 Å². The molecule has 7 heteroatoms. The molecule has 0 radical (unpaired) electrons. The van der Waals surface area contributed by atoms with Crippen molar-refractivity contribution in [1.29, 1.82) is 0 Å². The summed E-state index contributed by atoms with van der Waals surface area (Å²) in [5.41, 5.74) is 0. The van der Waals surface area contributed by atoms with Gasteiger partial charge < -0.3 is 29.4 Å². The van der Waals surface area contributed by atoms with Gasteiger partial charge in [0, 0.05) is 21.0 Å². The highest BCUT2D eigenvalue weighted by atomic mass is 16.5. The van der Waals surface area contributed by atoms with Crippen molar-refractivity contribution in [2.75, 3.05) is 59.4 Å². The number of hydrogen-bond acceptors (Lipinski definition) is 6. The molecule has 0 aliphatic rings. The Labute approximate surface area is 180 Å². The monoisotopic (exact) mass is 423 g/mol. The zero-order chi connectivity index (χ0) is 22.0. The number of aliphatic hydroxyl groups excluding tert-OH is 1. The van der Waals surface area contributed by atoms with Crippen molar-refractivity contribution in [3.63, 3.8) is 0 Å². The summed E-state index contributed by atoms with van der Waals surface area (Å²) < 4.78 is 21.3. The Bertz CT molecular complexity index is 322. The first-order valence-corrected chi connectivity index (χ1v) is 11.4. The van der Waals surface area contributed by atoms with E-state index in [4.69, 9.17) is 24.1 Å². The second-order valence-electron chi connectivity index (χ2n) is 6.70. The molecule has 0 saturated carbocycles. The minimum Gasteiger partial charge on any atom is -0.394 e. The normalized spacial score (nSPS) is 10.7. The molecule has 0 aromatic heterocycles. The van der Waals surface area contributed by atoms with Crippen LogP contribution in [0.3, 0.4) is 0 Å². The molecule has 0 atom stereocenters. The van der Waals surface area contributed by atoms with Crippen LogP contribution in [0.2, 0.25) is 0 Å². The van der Waals surface area contributed by atoms with Crippen LogP contribution in [0.5, 0.6) is 0 Å². The van der Waals surface area contributed by atoms with Gasteiger partial charge in [-0.25, -0.2) is 0 Å². The number of nitrogens with one attached hydrogen (secondary N) is 1. The molecule has 0 rings (SSSR count). The largest absolute Gasteiger partial charge is 0.394 e. The van der Waals surface area contributed by atoms with Crippen molar-refractivity contribution in [2.24, 2.45) is 0 Å². The molecule has 0 unspecified atom stereocenters. The summed E-state index contributed by atoms with van der Waals surface area (Å²) in [7, 11) is 0. The van der Waals surface area contributed by atoms with Gasteiger partial charge in [0.15, 0.2) is 0 Å². The topological polar surface area (TPSA) is 86.3 Å². The minimum atomic E-state index is 0. The predicted molar refractivity (Wildman–Crippen MR) is 119 cm³/mol. The summed E-state index contributed by atoms with van der Waals surface area (Å²) >= 11 is 0. The Kier molecular flexibility index (Phi) is 28.6. The number of aliphatic hydroxyl groups is 1. The Morgan fingerprint density at radius 1 is 0.793 bits per heavy atom. The van der Waals surface area contributed by atoms with Crippen LogP contribution in [-0.2, 0) is 23.7 Å². The molecule has 0 bridgehead atoms. The molecule has 178 valence electrons. The average molecular weight is 424 g/mol. The van der Waals surface area contributed by atoms with E-state index < -0.39 is 0 Å². The van der Waals surface area contributed by atoms with Crippen molar-refractivity contribution >= 4 is 5.91 Å². The van der Waals surface area contributed by atoms with Gasteiger partial charge in [0.05, 0.1) is 52.4 Å². The Balaban J connectivity index is -0.00000235. The molecule has 29 heavy (non-hydrogen) atoms. The van der Waals surface area contributed by atoms with E-state index in [0.29, 0.717) is 58.7 Å². The van der Waals surface area contributed by atoms with Crippen LogP contribution < -0.4 is 5.32 Å². The summed E-state index contributed by atoms with van der Waals surface area (Å²) in [6.07, 6.45) is 7.69. The first kappa shape index (κ1) is 30.5. The van der Waals surface area contributed by atoms with Gasteiger partial charge in [0.2, 0.25) is 5.91 Å². The van der Waals surface area contributed by atoms with Crippen LogP contribution >= 0.6 is 0 Å². The first-order chi connectivity index (χ1) is 14.2. The maximum Gasteiger partial charge on any atom is 0.220 e. The maximum atomic E-state index is 11.7. The Hall–Kier alpha value is -0.730. The molecule has 0 aliphatic carbocycles. The van der Waals surface area contributed by atoms with Gasteiger partial charge in [-0.2, -0.15) is 0 Å². The highest BCUT2D eigenvalue weighted by molar-refractivity contribution is 5.75. The molecule has 1 amide bonds. The minimum absolute atomic E-state index is 0. The predicted octanol–water partition coefficient (Wildman–Crippen LogP) is 3.57. The van der Waals surface area contributed by atoms with Gasteiger partial charge in [0.25, 0.3) is 0 Å². The van der Waals surface area contributed by atoms with Crippen LogP contribution in [0, 0.1) is 0 Å². The second-order valence-corrected chi connectivity index (χ2v) is 6.70. The fourth-order valence-electron chi connectivity index (χ4n) is 2.37. The number of ether oxygens (including phenoxy) is 4. The molecule has 7 nitrogen and oxygen atoms in total. The molecule has 0 fully saturated rings. The lowest BCUT2D eigenvalue weighted by Gasteiger charge is -2.08. The van der Waals surface area contributed by atoms with E-state index in [9.17, 15) is 4.79 Å². The molecular formula is C22H49NO6. The Morgan fingerprint density at radius 2 is 1.31 bits per heavy atom. The average Bonchev–Trinajstić information content (AvgIpc) is 2.72. The number of rotatable bonds is 21. The quantitative estimate of drug-likeness (QED) is 0.275. The Morgan fingerprint density at radius 3 is 1.90 bits per heavy atom. The zero-order valence-corrected chi connectivity index (χ0v) is 19.4. The molecular weight excluding hydrogens is 374 g/mol. The standard InChI is InChI=1S/C20H41NO6.C2H6.H2/c1-19(2)27-12-8-6-4-3-5-7-9-20(23)21-10-13-24-15-17-26-18-16-25-14-11-22;1-2;/h19,22H,3-18H2,1-2H3,(H,21,23);1-2H3;1H. The first-order valence-electron chi connectivity index (χ1n) is 11.4. The molecule has 0 spiro atoms. The van der Waals surface area contributed by atoms with E-state index in [-0.39, 0.29) is 13.9 Å². The number of carbonyl (C=O) groups is 1. The van der Waals surface area contributed by atoms with Crippen LogP contribution in [0.1, 0.15) is 74.1 Å². The summed E-state index contributed by atoms with van der Waals surface area (Å²) in [5, 5.41) is 11.4. The van der Waals surface area contributed by atoms with Crippen molar-refractivity contribution in [2.45, 2.75) is 78.7 Å². The van der Waals surface area contributed by atoms with Gasteiger partial charge in [-0.15, -0.1) is 0 Å². The third-order valence-corrected chi connectivity index (χ3v) is 3.80. The fraction of sp³-hybridized carbons (Fsp3) is 0.955. The lowest BCUT2D eigenvalue weighted by Crippen LogP contribution is -2.27. The lowest BCUT2D eigenvalue weighted by atomic mass is 10.1. The van der Waals surface area contributed by atoms with E-state index in [0.717, 1.165) is 25.9 Å². The lowest BCUT2D eigenvalue weighted by molar-refractivity contribution is -0.121. The summed E-state index contributed by atoms with van der Waals surface area (Å²) in [6, 6.07) is 0. The van der Waals surface area contributed by atoms with E-state index in [1.54, 1.807) is 0 Å². The molecule has 0 heterocycles. The second kappa shape index (κ2) is 27.3. The fourth-order valence-corrected chi connectivity index (χ4v) is 2.37. The van der Waals surface area contributed by atoms with Crippen LogP contribution in [0.25, 0.3) is 0 Å². The van der Waals surface area contributed by atoms with Gasteiger partial charge in [0.1, 0.15) is 0 Å². The molecule has 0 aromatic carbocycles. The number of unbranched alkanes of at least 4 members (excludes halogenated alkanes) is 5. The number of carbonyl (C=O) groups excluding carboxylic acids is 1. The van der Waals surface area contributed by atoms with E-state index in [1.165, 1.54) is 19.3 Å². The van der Waals surface area contributed by atoms with E-state index in [2.05, 4.69) is 19.2 Å². The third kappa shape index (κ3) is 29.6. The van der Waals surface area contributed by atoms with Gasteiger partial charge in [-0.3, -0.25) is 4.79 Å². The van der Waals surface area contributed by atoms with Crippen LogP contribution in [-0.4, -0.2) is 76.5 Å². The molecule has 0 aromatic rings. The van der Waals surface area contributed by atoms with Gasteiger partial charge in [-0.1, -0.05) is 39.5 Å². The van der Waals surface area contributed by atoms with Gasteiger partial charge in [-0.05, 0) is 26.7 Å². The summed E-state index contributed by atoms with van der Waals surface area (Å²) in [5.74, 6) is 0.0983. The van der Waals surface area contributed by atoms with Gasteiger partial charge >= 0.3 is 0 Å². The van der Waals surface area contributed by atoms with Crippen molar-refractivity contribution in [3.8, 4) is 0 Å². The molecule has 2 N–H and O–H groups in total. The maximum absolute atomic E-state index is 11.7. The van der Waals surface area contributed by atoms with E-state index >= 15 is 0 Å². The highest BCUT2D eigenvalue weighted by Gasteiger charge is 2.01. The van der Waals surface area contributed by atoms with Crippen molar-refractivity contribution in [1.82, 2.24) is 5.32 Å². The van der Waals surface area contributed by atoms with Crippen molar-refractivity contribution < 1.29 is 30.3 Å². The van der Waals surface area contributed by atoms with E-state index in [1.807, 2.05) is 13.8 Å². The third-order valence-electron chi connectivity index (χ3n) is 3.80. The van der Waals surface area contributed by atoms with Crippen LogP contribution in [0.15, 0.2) is 0 Å². The SMILES string of the molecule is CC.CC(C)OCCCCCCCCC(=O)NCCOCCOCCOCCO.[HH]. The highest BCUT2D eigenvalue weighted by Crippen LogP contribution is 2.07. The summed E-state index contributed by atoms with van der Waals surface area (Å²) in [6.45, 7) is 12.3. The molecule has 0 aliphatic heterocycles. The molecule has 0 saturated heterocycles. The van der Waals surface area contributed by atoms with Crippen molar-refractivity contribution in [3.05, 3.63) is 0 Å². The number of amides is 1. The number of hydrogen-bond donors (Lipinski definition) is 2.